The zero-order valence-corrected chi connectivity index (χ0v) is 9.98. The minimum atomic E-state index is 0.378. The fourth-order valence-corrected chi connectivity index (χ4v) is 2.72. The maximum absolute atomic E-state index is 2.51. The lowest BCUT2D eigenvalue weighted by molar-refractivity contribution is 0.489. The lowest BCUT2D eigenvalue weighted by atomic mass is 9.84. The highest BCUT2D eigenvalue weighted by atomic mass is 14.4. The summed E-state index contributed by atoms with van der Waals surface area (Å²) in [6.07, 6.45) is 7.89. The van der Waals surface area contributed by atoms with Gasteiger partial charge in [-0.05, 0) is 42.6 Å². The third-order valence-corrected chi connectivity index (χ3v) is 3.83. The SMILES string of the molecule is CCC1CCC2=C1C=C(C(C)(C)C)C2. The topological polar surface area (TPSA) is 0 Å². The molecule has 0 fully saturated rings. The van der Waals surface area contributed by atoms with Crippen LogP contribution < -0.4 is 0 Å². The normalized spacial score (nSPS) is 26.9. The van der Waals surface area contributed by atoms with Gasteiger partial charge in [-0.1, -0.05) is 44.9 Å². The van der Waals surface area contributed by atoms with E-state index in [4.69, 9.17) is 0 Å². The number of rotatable bonds is 1. The molecule has 2 aliphatic rings. The van der Waals surface area contributed by atoms with E-state index in [1.165, 1.54) is 25.7 Å². The van der Waals surface area contributed by atoms with Gasteiger partial charge >= 0.3 is 0 Å². The Balaban J connectivity index is 2.20. The Bertz CT molecular complexity index is 296. The Labute approximate surface area is 88.1 Å². The molecule has 0 aromatic rings. The van der Waals surface area contributed by atoms with E-state index in [1.807, 2.05) is 0 Å². The molecule has 0 amide bonds. The highest BCUT2D eigenvalue weighted by molar-refractivity contribution is 5.45. The summed E-state index contributed by atoms with van der Waals surface area (Å²) in [5.74, 6) is 0.879. The van der Waals surface area contributed by atoms with Crippen LogP contribution in [0.25, 0.3) is 0 Å². The molecule has 0 aromatic carbocycles. The summed E-state index contributed by atoms with van der Waals surface area (Å²) in [6, 6.07) is 0. The third kappa shape index (κ3) is 1.55. The zero-order valence-electron chi connectivity index (χ0n) is 9.98. The van der Waals surface area contributed by atoms with E-state index in [9.17, 15) is 0 Å². The molecule has 0 heterocycles. The molecule has 1 unspecified atom stereocenters. The third-order valence-electron chi connectivity index (χ3n) is 3.83. The first-order valence-electron chi connectivity index (χ1n) is 5.95. The average Bonchev–Trinajstić information content (AvgIpc) is 2.58. The zero-order chi connectivity index (χ0) is 10.3. The monoisotopic (exact) mass is 190 g/mol. The standard InChI is InChI=1S/C14H22/c1-5-10-6-7-11-8-12(9-13(10)11)14(2,3)4/h9-10H,5-8H2,1-4H3. The Morgan fingerprint density at radius 2 is 2.07 bits per heavy atom. The average molecular weight is 190 g/mol. The maximum Gasteiger partial charge on any atom is -0.00940 e. The molecule has 14 heavy (non-hydrogen) atoms. The van der Waals surface area contributed by atoms with E-state index in [1.54, 1.807) is 16.7 Å². The van der Waals surface area contributed by atoms with Crippen LogP contribution in [0.15, 0.2) is 22.8 Å². The smallest absolute Gasteiger partial charge is 0.00940 e. The van der Waals surface area contributed by atoms with Crippen LogP contribution in [0.4, 0.5) is 0 Å². The molecule has 0 spiro atoms. The van der Waals surface area contributed by atoms with Crippen molar-refractivity contribution in [3.8, 4) is 0 Å². The highest BCUT2D eigenvalue weighted by Crippen LogP contribution is 2.46. The first-order chi connectivity index (χ1) is 6.52. The Hall–Kier alpha value is -0.520. The largest absolute Gasteiger partial charge is 0.0648 e. The molecule has 0 heteroatoms. The number of hydrogen-bond donors (Lipinski definition) is 0. The molecule has 0 aromatic heterocycles. The van der Waals surface area contributed by atoms with Gasteiger partial charge in [0.2, 0.25) is 0 Å². The van der Waals surface area contributed by atoms with E-state index in [-0.39, 0.29) is 0 Å². The molecule has 78 valence electrons. The predicted molar refractivity (Wildman–Crippen MR) is 62.2 cm³/mol. The Kier molecular flexibility index (Phi) is 2.33. The molecule has 0 bridgehead atoms. The molecular weight excluding hydrogens is 168 g/mol. The highest BCUT2D eigenvalue weighted by Gasteiger charge is 2.31. The van der Waals surface area contributed by atoms with Crippen LogP contribution in [-0.2, 0) is 0 Å². The van der Waals surface area contributed by atoms with E-state index in [2.05, 4.69) is 33.8 Å². The van der Waals surface area contributed by atoms with Gasteiger partial charge in [0.05, 0.1) is 0 Å². The molecule has 0 radical (unpaired) electrons. The van der Waals surface area contributed by atoms with Gasteiger partial charge in [-0.25, -0.2) is 0 Å². The first-order valence-corrected chi connectivity index (χ1v) is 5.95. The second-order valence-corrected chi connectivity index (χ2v) is 5.80. The van der Waals surface area contributed by atoms with Gasteiger partial charge in [-0.3, -0.25) is 0 Å². The van der Waals surface area contributed by atoms with Crippen LogP contribution in [0.2, 0.25) is 0 Å². The van der Waals surface area contributed by atoms with Crippen molar-refractivity contribution in [1.29, 1.82) is 0 Å². The molecule has 0 saturated carbocycles. The summed E-state index contributed by atoms with van der Waals surface area (Å²) in [4.78, 5) is 0. The van der Waals surface area contributed by atoms with E-state index in [0.29, 0.717) is 5.41 Å². The van der Waals surface area contributed by atoms with Crippen LogP contribution >= 0.6 is 0 Å². The molecular formula is C14H22. The lowest BCUT2D eigenvalue weighted by Gasteiger charge is -2.21. The van der Waals surface area contributed by atoms with Gasteiger partial charge in [0.25, 0.3) is 0 Å². The lowest BCUT2D eigenvalue weighted by Crippen LogP contribution is -2.08. The minimum Gasteiger partial charge on any atom is -0.0648 e. The van der Waals surface area contributed by atoms with Gasteiger partial charge in [-0.15, -0.1) is 0 Å². The van der Waals surface area contributed by atoms with Crippen LogP contribution in [0.5, 0.6) is 0 Å². The van der Waals surface area contributed by atoms with Crippen molar-refractivity contribution in [2.75, 3.05) is 0 Å². The van der Waals surface area contributed by atoms with Crippen LogP contribution in [0.1, 0.15) is 53.4 Å². The molecule has 0 N–H and O–H groups in total. The van der Waals surface area contributed by atoms with Crippen molar-refractivity contribution in [2.24, 2.45) is 11.3 Å². The van der Waals surface area contributed by atoms with Crippen LogP contribution in [-0.4, -0.2) is 0 Å². The van der Waals surface area contributed by atoms with E-state index < -0.39 is 0 Å². The fraction of sp³-hybridized carbons (Fsp3) is 0.714. The molecule has 2 rings (SSSR count). The molecule has 0 aliphatic heterocycles. The van der Waals surface area contributed by atoms with Crippen molar-refractivity contribution < 1.29 is 0 Å². The number of allylic oxidation sites excluding steroid dienone is 4. The van der Waals surface area contributed by atoms with Crippen LogP contribution in [0, 0.1) is 11.3 Å². The molecule has 0 saturated heterocycles. The summed E-state index contributed by atoms with van der Waals surface area (Å²) >= 11 is 0. The first kappa shape index (κ1) is 10.0. The Morgan fingerprint density at radius 3 is 2.64 bits per heavy atom. The number of hydrogen-bond acceptors (Lipinski definition) is 0. The second kappa shape index (κ2) is 3.25. The molecule has 2 aliphatic carbocycles. The minimum absolute atomic E-state index is 0.378. The summed E-state index contributed by atoms with van der Waals surface area (Å²) in [5, 5.41) is 0. The molecule has 1 atom stereocenters. The summed E-state index contributed by atoms with van der Waals surface area (Å²) in [6.45, 7) is 9.33. The van der Waals surface area contributed by atoms with Gasteiger partial charge in [0.15, 0.2) is 0 Å². The van der Waals surface area contributed by atoms with Gasteiger partial charge < -0.3 is 0 Å². The van der Waals surface area contributed by atoms with Gasteiger partial charge in [-0.2, -0.15) is 0 Å². The Morgan fingerprint density at radius 1 is 1.36 bits per heavy atom. The van der Waals surface area contributed by atoms with Crippen molar-refractivity contribution in [3.63, 3.8) is 0 Å². The van der Waals surface area contributed by atoms with Crippen molar-refractivity contribution in [1.82, 2.24) is 0 Å². The van der Waals surface area contributed by atoms with Gasteiger partial charge in [0, 0.05) is 0 Å². The van der Waals surface area contributed by atoms with Crippen LogP contribution in [0.3, 0.4) is 0 Å². The van der Waals surface area contributed by atoms with Crippen molar-refractivity contribution in [2.45, 2.75) is 53.4 Å². The summed E-state index contributed by atoms with van der Waals surface area (Å²) in [5.41, 5.74) is 5.49. The van der Waals surface area contributed by atoms with E-state index >= 15 is 0 Å². The van der Waals surface area contributed by atoms with Crippen molar-refractivity contribution in [3.05, 3.63) is 22.8 Å². The quantitative estimate of drug-likeness (QED) is 0.572. The predicted octanol–water partition coefficient (Wildman–Crippen LogP) is 4.48. The summed E-state index contributed by atoms with van der Waals surface area (Å²) < 4.78 is 0. The second-order valence-electron chi connectivity index (χ2n) is 5.80. The fourth-order valence-electron chi connectivity index (χ4n) is 2.72. The summed E-state index contributed by atoms with van der Waals surface area (Å²) in [7, 11) is 0. The van der Waals surface area contributed by atoms with E-state index in [0.717, 1.165) is 5.92 Å². The van der Waals surface area contributed by atoms with Crippen molar-refractivity contribution >= 4 is 0 Å². The van der Waals surface area contributed by atoms with Gasteiger partial charge in [0.1, 0.15) is 0 Å². The maximum atomic E-state index is 2.51. The molecule has 0 nitrogen and oxygen atoms in total.